The van der Waals surface area contributed by atoms with Gasteiger partial charge in [-0.25, -0.2) is 4.79 Å². The molecule has 0 bridgehead atoms. The fraction of sp³-hybridized carbons (Fsp3) is 0.227. The number of urea groups is 1. The van der Waals surface area contributed by atoms with Crippen LogP contribution in [0.5, 0.6) is 11.5 Å². The molecule has 2 unspecified atom stereocenters. The Balaban J connectivity index is 1.33. The van der Waals surface area contributed by atoms with Crippen LogP contribution < -0.4 is 20.1 Å². The van der Waals surface area contributed by atoms with Crippen molar-refractivity contribution in [3.63, 3.8) is 0 Å². The number of nitrogens with one attached hydrogen (secondary N) is 2. The van der Waals surface area contributed by atoms with Crippen LogP contribution in [-0.2, 0) is 16.1 Å². The number of anilines is 1. The molecule has 4 amide bonds. The van der Waals surface area contributed by atoms with Crippen LogP contribution in [-0.4, -0.2) is 53.6 Å². The number of likely N-dealkylation sites (N-methyl/N-ethyl adjacent to an activating group) is 1. The molecule has 9 heteroatoms. The zero-order chi connectivity index (χ0) is 21.5. The zero-order valence-corrected chi connectivity index (χ0v) is 16.7. The highest BCUT2D eigenvalue weighted by molar-refractivity contribution is 6.09. The maximum Gasteiger partial charge on any atom is 0.325 e. The first-order valence-corrected chi connectivity index (χ1v) is 9.82. The van der Waals surface area contributed by atoms with Crippen LogP contribution in [0.3, 0.4) is 0 Å². The van der Waals surface area contributed by atoms with Gasteiger partial charge in [-0.05, 0) is 17.7 Å². The molecule has 0 radical (unpaired) electrons. The molecule has 1 saturated heterocycles. The third kappa shape index (κ3) is 3.33. The fourth-order valence-corrected chi connectivity index (χ4v) is 4.02. The van der Waals surface area contributed by atoms with E-state index in [1.54, 1.807) is 36.3 Å². The fourth-order valence-electron chi connectivity index (χ4n) is 4.02. The number of carbonyl (C=O) groups is 3. The van der Waals surface area contributed by atoms with Gasteiger partial charge in [-0.1, -0.05) is 30.3 Å². The van der Waals surface area contributed by atoms with Crippen molar-refractivity contribution in [1.82, 2.24) is 15.1 Å². The lowest BCUT2D eigenvalue weighted by molar-refractivity contribution is -0.134. The van der Waals surface area contributed by atoms with Crippen molar-refractivity contribution in [3.05, 3.63) is 65.9 Å². The van der Waals surface area contributed by atoms with Crippen LogP contribution in [0.25, 0.3) is 0 Å². The molecule has 31 heavy (non-hydrogen) atoms. The van der Waals surface area contributed by atoms with Gasteiger partial charge in [-0.2, -0.15) is 0 Å². The average Bonchev–Trinajstić information content (AvgIpc) is 3.35. The quantitative estimate of drug-likeness (QED) is 0.781. The van der Waals surface area contributed by atoms with Gasteiger partial charge in [0.25, 0.3) is 11.8 Å². The standard InChI is InChI=1S/C22H20N4O5/c1-25-11-15(20(27)23-14-7-8-16-17(9-14)31-12-30-16)18-19(25)21(28)26(22(29)24-18)10-13-5-3-2-4-6-13/h2-9,11,18-19H,10,12H2,1H3,(H,23,27)(H,24,29). The molecule has 5 rings (SSSR count). The van der Waals surface area contributed by atoms with Crippen molar-refractivity contribution in [2.45, 2.75) is 18.6 Å². The number of benzene rings is 2. The Labute approximate surface area is 178 Å². The van der Waals surface area contributed by atoms with E-state index < -0.39 is 24.0 Å². The first-order valence-electron chi connectivity index (χ1n) is 9.82. The Bertz CT molecular complexity index is 1100. The predicted octanol–water partition coefficient (Wildman–Crippen LogP) is 1.67. The van der Waals surface area contributed by atoms with Crippen molar-refractivity contribution >= 4 is 23.5 Å². The molecule has 2 aromatic rings. The van der Waals surface area contributed by atoms with E-state index in [2.05, 4.69) is 10.6 Å². The largest absolute Gasteiger partial charge is 0.454 e. The summed E-state index contributed by atoms with van der Waals surface area (Å²) in [7, 11) is 1.72. The Morgan fingerprint density at radius 1 is 1.13 bits per heavy atom. The molecule has 1 fully saturated rings. The number of fused-ring (bicyclic) bond motifs is 2. The number of ether oxygens (including phenoxy) is 2. The molecule has 9 nitrogen and oxygen atoms in total. The first-order chi connectivity index (χ1) is 15.0. The minimum absolute atomic E-state index is 0.139. The van der Waals surface area contributed by atoms with E-state index in [4.69, 9.17) is 9.47 Å². The van der Waals surface area contributed by atoms with Gasteiger partial charge in [0, 0.05) is 25.0 Å². The predicted molar refractivity (Wildman–Crippen MR) is 110 cm³/mol. The molecule has 0 aromatic heterocycles. The summed E-state index contributed by atoms with van der Waals surface area (Å²) in [6, 6.07) is 12.4. The lowest BCUT2D eigenvalue weighted by atomic mass is 9.99. The third-order valence-electron chi connectivity index (χ3n) is 5.55. The summed E-state index contributed by atoms with van der Waals surface area (Å²) in [4.78, 5) is 41.6. The number of rotatable bonds is 4. The number of hydrogen-bond acceptors (Lipinski definition) is 6. The molecular weight excluding hydrogens is 400 g/mol. The Kier molecular flexibility index (Phi) is 4.50. The number of amides is 4. The van der Waals surface area contributed by atoms with Crippen molar-refractivity contribution in [1.29, 1.82) is 0 Å². The molecule has 3 aliphatic rings. The molecule has 158 valence electrons. The van der Waals surface area contributed by atoms with Gasteiger partial charge < -0.3 is 25.0 Å². The second kappa shape index (κ2) is 7.35. The summed E-state index contributed by atoms with van der Waals surface area (Å²) in [5, 5.41) is 5.62. The summed E-state index contributed by atoms with van der Waals surface area (Å²) in [5.74, 6) is 0.414. The lowest BCUT2D eigenvalue weighted by Gasteiger charge is -2.37. The van der Waals surface area contributed by atoms with Gasteiger partial charge in [0.05, 0.1) is 18.2 Å². The Hall–Kier alpha value is -4.01. The van der Waals surface area contributed by atoms with Gasteiger partial charge in [0.1, 0.15) is 6.04 Å². The SMILES string of the molecule is CN1C=C(C(=O)Nc2ccc3c(c2)OCO3)C2NC(=O)N(Cc3ccccc3)C(=O)C21. The van der Waals surface area contributed by atoms with Crippen LogP contribution in [0.1, 0.15) is 5.56 Å². The highest BCUT2D eigenvalue weighted by Crippen LogP contribution is 2.35. The molecule has 0 aliphatic carbocycles. The van der Waals surface area contributed by atoms with E-state index in [9.17, 15) is 14.4 Å². The second-order valence-electron chi connectivity index (χ2n) is 7.55. The maximum atomic E-state index is 13.1. The lowest BCUT2D eigenvalue weighted by Crippen LogP contribution is -2.64. The zero-order valence-electron chi connectivity index (χ0n) is 16.7. The number of carbonyl (C=O) groups excluding carboxylic acids is 3. The summed E-state index contributed by atoms with van der Waals surface area (Å²) in [6.45, 7) is 0.307. The van der Waals surface area contributed by atoms with Gasteiger partial charge >= 0.3 is 6.03 Å². The maximum absolute atomic E-state index is 13.1. The molecule has 3 heterocycles. The molecule has 2 aromatic carbocycles. The Morgan fingerprint density at radius 2 is 1.90 bits per heavy atom. The highest BCUT2D eigenvalue weighted by atomic mass is 16.7. The van der Waals surface area contributed by atoms with Crippen molar-refractivity contribution < 1.29 is 23.9 Å². The molecule has 0 saturated carbocycles. The molecular formula is C22H20N4O5. The van der Waals surface area contributed by atoms with Crippen LogP contribution in [0, 0.1) is 0 Å². The van der Waals surface area contributed by atoms with Gasteiger partial charge in [0.15, 0.2) is 11.5 Å². The summed E-state index contributed by atoms with van der Waals surface area (Å²) < 4.78 is 10.6. The van der Waals surface area contributed by atoms with Crippen LogP contribution >= 0.6 is 0 Å². The molecule has 2 N–H and O–H groups in total. The summed E-state index contributed by atoms with van der Waals surface area (Å²) in [6.07, 6.45) is 1.60. The van der Waals surface area contributed by atoms with E-state index in [1.807, 2.05) is 30.3 Å². The molecule has 3 aliphatic heterocycles. The smallest absolute Gasteiger partial charge is 0.325 e. The van der Waals surface area contributed by atoms with Crippen molar-refractivity contribution in [3.8, 4) is 11.5 Å². The number of imide groups is 1. The van der Waals surface area contributed by atoms with E-state index in [0.717, 1.165) is 5.56 Å². The van der Waals surface area contributed by atoms with E-state index in [0.29, 0.717) is 22.8 Å². The van der Waals surface area contributed by atoms with Gasteiger partial charge in [-0.3, -0.25) is 14.5 Å². The minimum Gasteiger partial charge on any atom is -0.454 e. The number of nitrogens with zero attached hydrogens (tertiary/aromatic N) is 2. The highest BCUT2D eigenvalue weighted by Gasteiger charge is 2.49. The van der Waals surface area contributed by atoms with Crippen LogP contribution in [0.4, 0.5) is 10.5 Å². The summed E-state index contributed by atoms with van der Waals surface area (Å²) in [5.41, 5.74) is 1.69. The van der Waals surface area contributed by atoms with E-state index >= 15 is 0 Å². The van der Waals surface area contributed by atoms with E-state index in [-0.39, 0.29) is 19.2 Å². The van der Waals surface area contributed by atoms with Crippen molar-refractivity contribution in [2.75, 3.05) is 19.2 Å². The second-order valence-corrected chi connectivity index (χ2v) is 7.55. The topological polar surface area (TPSA) is 100 Å². The normalized spacial score (nSPS) is 21.5. The third-order valence-corrected chi connectivity index (χ3v) is 5.55. The van der Waals surface area contributed by atoms with Crippen molar-refractivity contribution in [2.24, 2.45) is 0 Å². The molecule has 0 spiro atoms. The van der Waals surface area contributed by atoms with Crippen LogP contribution in [0.2, 0.25) is 0 Å². The number of hydrogen-bond donors (Lipinski definition) is 2. The van der Waals surface area contributed by atoms with E-state index in [1.165, 1.54) is 4.90 Å². The average molecular weight is 420 g/mol. The Morgan fingerprint density at radius 3 is 2.71 bits per heavy atom. The van der Waals surface area contributed by atoms with Gasteiger partial charge in [-0.15, -0.1) is 0 Å². The monoisotopic (exact) mass is 420 g/mol. The van der Waals surface area contributed by atoms with Crippen LogP contribution in [0.15, 0.2) is 60.3 Å². The van der Waals surface area contributed by atoms with Gasteiger partial charge in [0.2, 0.25) is 6.79 Å². The summed E-state index contributed by atoms with van der Waals surface area (Å²) >= 11 is 0. The minimum atomic E-state index is -0.731. The first kappa shape index (κ1) is 19.0. The molecule has 2 atom stereocenters.